The van der Waals surface area contributed by atoms with E-state index in [1.807, 2.05) is 6.33 Å². The van der Waals surface area contributed by atoms with Crippen molar-refractivity contribution in [3.8, 4) is 0 Å². The molecule has 0 unspecified atom stereocenters. The average molecular weight is 467 g/mol. The summed E-state index contributed by atoms with van der Waals surface area (Å²) in [5.74, 6) is 1.21. The Kier molecular flexibility index (Phi) is 7.20. The van der Waals surface area contributed by atoms with E-state index in [-0.39, 0.29) is 5.82 Å². The first-order valence-corrected chi connectivity index (χ1v) is 12.6. The number of nitrogens with zero attached hydrogens (tertiary/aromatic N) is 4. The molecule has 0 aliphatic heterocycles. The Hall–Kier alpha value is -2.78. The molecule has 0 saturated heterocycles. The molecular weight excluding hydrogens is 431 g/mol. The molecule has 34 heavy (non-hydrogen) atoms. The van der Waals surface area contributed by atoms with Gasteiger partial charge in [-0.1, -0.05) is 25.0 Å². The third-order valence-corrected chi connectivity index (χ3v) is 7.08. The highest BCUT2D eigenvalue weighted by atomic mass is 19.1. The third-order valence-electron chi connectivity index (χ3n) is 7.08. The number of benzene rings is 1. The predicted molar refractivity (Wildman–Crippen MR) is 133 cm³/mol. The van der Waals surface area contributed by atoms with Gasteiger partial charge in [-0.25, -0.2) is 9.37 Å². The van der Waals surface area contributed by atoms with Crippen LogP contribution in [-0.4, -0.2) is 44.7 Å². The van der Waals surface area contributed by atoms with Gasteiger partial charge >= 0.3 is 0 Å². The monoisotopic (exact) mass is 466 g/mol. The van der Waals surface area contributed by atoms with Crippen LogP contribution in [0, 0.1) is 5.82 Å². The lowest BCUT2D eigenvalue weighted by Crippen LogP contribution is -2.33. The van der Waals surface area contributed by atoms with Gasteiger partial charge < -0.3 is 26.3 Å². The molecule has 0 atom stereocenters. The summed E-state index contributed by atoms with van der Waals surface area (Å²) >= 11 is 0. The fraction of sp³-hybridized carbons (Fsp3) is 0.560. The first kappa shape index (κ1) is 23.0. The molecule has 2 fully saturated rings. The van der Waals surface area contributed by atoms with Crippen LogP contribution in [0.5, 0.6) is 0 Å². The lowest BCUT2D eigenvalue weighted by atomic mass is 9.92. The zero-order valence-corrected chi connectivity index (χ0v) is 19.6. The predicted octanol–water partition coefficient (Wildman–Crippen LogP) is 3.96. The fourth-order valence-corrected chi connectivity index (χ4v) is 5.10. The van der Waals surface area contributed by atoms with Gasteiger partial charge in [0.1, 0.15) is 5.82 Å². The van der Waals surface area contributed by atoms with Gasteiger partial charge in [-0.3, -0.25) is 0 Å². The number of halogens is 1. The maximum atomic E-state index is 13.1. The average Bonchev–Trinajstić information content (AvgIpc) is 3.51. The second-order valence-electron chi connectivity index (χ2n) is 9.64. The lowest BCUT2D eigenvalue weighted by molar-refractivity contribution is 0.410. The molecule has 2 aliphatic carbocycles. The number of fused-ring (bicyclic) bond motifs is 1. The number of hydrogen-bond donors (Lipinski definition) is 4. The molecule has 9 heteroatoms. The normalized spacial score (nSPS) is 21.2. The van der Waals surface area contributed by atoms with Crippen LogP contribution in [0.2, 0.25) is 0 Å². The van der Waals surface area contributed by atoms with E-state index in [0.717, 1.165) is 54.8 Å². The Bertz CT molecular complexity index is 1070. The Morgan fingerprint density at radius 3 is 2.50 bits per heavy atom. The maximum Gasteiger partial charge on any atom is 0.227 e. The molecule has 3 aromatic rings. The van der Waals surface area contributed by atoms with Crippen molar-refractivity contribution >= 4 is 22.9 Å². The van der Waals surface area contributed by atoms with Crippen molar-refractivity contribution in [2.45, 2.75) is 76.0 Å². The molecule has 5 rings (SSSR count). The van der Waals surface area contributed by atoms with Gasteiger partial charge in [0.15, 0.2) is 17.0 Å². The minimum Gasteiger partial charge on any atom is -0.367 e. The first-order valence-electron chi connectivity index (χ1n) is 12.6. The van der Waals surface area contributed by atoms with Gasteiger partial charge in [0.05, 0.1) is 6.33 Å². The third kappa shape index (κ3) is 5.47. The van der Waals surface area contributed by atoms with E-state index >= 15 is 0 Å². The minimum atomic E-state index is -0.212. The number of hydrogen-bond acceptors (Lipinski definition) is 7. The molecule has 2 saturated carbocycles. The van der Waals surface area contributed by atoms with Crippen molar-refractivity contribution in [2.24, 2.45) is 5.73 Å². The summed E-state index contributed by atoms with van der Waals surface area (Å²) in [4.78, 5) is 14.4. The molecule has 2 aliphatic rings. The molecule has 8 nitrogen and oxygen atoms in total. The molecular formula is C25H35FN8. The highest BCUT2D eigenvalue weighted by molar-refractivity contribution is 5.84. The van der Waals surface area contributed by atoms with Crippen LogP contribution in [0.1, 0.15) is 63.0 Å². The van der Waals surface area contributed by atoms with E-state index in [1.165, 1.54) is 37.8 Å². The maximum absolute atomic E-state index is 13.1. The van der Waals surface area contributed by atoms with Crippen LogP contribution >= 0.6 is 0 Å². The number of imidazole rings is 1. The van der Waals surface area contributed by atoms with Gasteiger partial charge in [-0.2, -0.15) is 9.97 Å². The van der Waals surface area contributed by atoms with Gasteiger partial charge in [-0.05, 0) is 56.2 Å². The zero-order valence-electron chi connectivity index (χ0n) is 19.6. The zero-order chi connectivity index (χ0) is 23.3. The molecule has 182 valence electrons. The summed E-state index contributed by atoms with van der Waals surface area (Å²) in [6, 6.07) is 7.70. The van der Waals surface area contributed by atoms with Crippen LogP contribution in [-0.2, 0) is 6.54 Å². The standard InChI is InChI=1S/C25H35FN8/c26-18-7-5-17(6-8-18)15-28-13-14-29-23-22-24(34(16-30-22)21-3-1-2-4-21)33-25(32-23)31-20-11-9-19(27)10-12-20/h5-8,16,19-21,28H,1-4,9-15,27H2,(H2,29,31,32,33). The molecule has 0 radical (unpaired) electrons. The van der Waals surface area contributed by atoms with Crippen LogP contribution in [0.25, 0.3) is 11.2 Å². The number of rotatable bonds is 9. The Labute approximate surface area is 200 Å². The minimum absolute atomic E-state index is 0.212. The van der Waals surface area contributed by atoms with Crippen LogP contribution in [0.15, 0.2) is 30.6 Å². The highest BCUT2D eigenvalue weighted by Crippen LogP contribution is 2.33. The molecule has 0 bridgehead atoms. The Morgan fingerprint density at radius 1 is 0.971 bits per heavy atom. The molecule has 2 aromatic heterocycles. The summed E-state index contributed by atoms with van der Waals surface area (Å²) in [5.41, 5.74) is 8.86. The number of nitrogens with one attached hydrogen (secondary N) is 3. The van der Waals surface area contributed by atoms with E-state index in [0.29, 0.717) is 37.2 Å². The van der Waals surface area contributed by atoms with E-state index in [9.17, 15) is 4.39 Å². The van der Waals surface area contributed by atoms with Crippen molar-refractivity contribution < 1.29 is 4.39 Å². The van der Waals surface area contributed by atoms with Crippen LogP contribution in [0.4, 0.5) is 16.2 Å². The second kappa shape index (κ2) is 10.7. The molecule has 1 aromatic carbocycles. The van der Waals surface area contributed by atoms with E-state index in [4.69, 9.17) is 20.7 Å². The largest absolute Gasteiger partial charge is 0.367 e. The van der Waals surface area contributed by atoms with E-state index in [2.05, 4.69) is 20.5 Å². The summed E-state index contributed by atoms with van der Waals surface area (Å²) in [6.07, 6.45) is 10.9. The summed E-state index contributed by atoms with van der Waals surface area (Å²) in [7, 11) is 0. The summed E-state index contributed by atoms with van der Waals surface area (Å²) in [5, 5.41) is 10.4. The fourth-order valence-electron chi connectivity index (χ4n) is 5.10. The second-order valence-corrected chi connectivity index (χ2v) is 9.64. The summed E-state index contributed by atoms with van der Waals surface area (Å²) < 4.78 is 15.3. The SMILES string of the molecule is NC1CCC(Nc2nc(NCCNCc3ccc(F)cc3)c3ncn(C4CCCC4)c3n2)CC1. The first-order chi connectivity index (χ1) is 16.7. The van der Waals surface area contributed by atoms with E-state index < -0.39 is 0 Å². The molecule has 0 amide bonds. The van der Waals surface area contributed by atoms with Crippen molar-refractivity contribution in [1.82, 2.24) is 24.8 Å². The van der Waals surface area contributed by atoms with Crippen LogP contribution in [0.3, 0.4) is 0 Å². The number of nitrogens with two attached hydrogens (primary N) is 1. The molecule has 5 N–H and O–H groups in total. The number of anilines is 2. The molecule has 0 spiro atoms. The molecule has 2 heterocycles. The van der Waals surface area contributed by atoms with Crippen LogP contribution < -0.4 is 21.7 Å². The van der Waals surface area contributed by atoms with Crippen molar-refractivity contribution in [2.75, 3.05) is 23.7 Å². The van der Waals surface area contributed by atoms with Crippen molar-refractivity contribution in [3.63, 3.8) is 0 Å². The van der Waals surface area contributed by atoms with Crippen molar-refractivity contribution in [3.05, 3.63) is 42.0 Å². The highest BCUT2D eigenvalue weighted by Gasteiger charge is 2.23. The topological polar surface area (TPSA) is 106 Å². The Balaban J connectivity index is 1.28. The van der Waals surface area contributed by atoms with Crippen molar-refractivity contribution in [1.29, 1.82) is 0 Å². The van der Waals surface area contributed by atoms with Gasteiger partial charge in [0.25, 0.3) is 0 Å². The Morgan fingerprint density at radius 2 is 1.74 bits per heavy atom. The number of aromatic nitrogens is 4. The quantitative estimate of drug-likeness (QED) is 0.354. The lowest BCUT2D eigenvalue weighted by Gasteiger charge is -2.27. The summed E-state index contributed by atoms with van der Waals surface area (Å²) in [6.45, 7) is 2.13. The smallest absolute Gasteiger partial charge is 0.227 e. The van der Waals surface area contributed by atoms with Gasteiger partial charge in [0, 0.05) is 37.8 Å². The van der Waals surface area contributed by atoms with Gasteiger partial charge in [0.2, 0.25) is 5.95 Å². The van der Waals surface area contributed by atoms with Gasteiger partial charge in [-0.15, -0.1) is 0 Å². The van der Waals surface area contributed by atoms with E-state index in [1.54, 1.807) is 12.1 Å².